The van der Waals surface area contributed by atoms with E-state index >= 15 is 0 Å². The Morgan fingerprint density at radius 2 is 2.07 bits per heavy atom. The van der Waals surface area contributed by atoms with Crippen LogP contribution < -0.4 is 0 Å². The fourth-order valence-corrected chi connectivity index (χ4v) is 1.47. The predicted octanol–water partition coefficient (Wildman–Crippen LogP) is -0.627. The van der Waals surface area contributed by atoms with Crippen LogP contribution in [0.5, 0.6) is 0 Å². The molecule has 0 radical (unpaired) electrons. The predicted molar refractivity (Wildman–Crippen MR) is 48.4 cm³/mol. The van der Waals surface area contributed by atoms with Gasteiger partial charge in [-0.25, -0.2) is 4.79 Å². The van der Waals surface area contributed by atoms with E-state index in [2.05, 4.69) is 4.74 Å². The molecule has 1 unspecified atom stereocenters. The fourth-order valence-electron chi connectivity index (χ4n) is 0.804. The molecule has 0 bridgehead atoms. The van der Waals surface area contributed by atoms with Gasteiger partial charge in [0, 0.05) is 0 Å². The van der Waals surface area contributed by atoms with E-state index in [0.717, 1.165) is 0 Å². The Bertz CT molecular complexity index is 252. The molecular formula is C6H14NO7P. The first-order chi connectivity index (χ1) is 6.76. The number of amides is 1. The van der Waals surface area contributed by atoms with Gasteiger partial charge in [0.2, 0.25) is 0 Å². The minimum Gasteiger partial charge on any atom is -0.448 e. The molecule has 0 aliphatic rings. The molecule has 0 heterocycles. The van der Waals surface area contributed by atoms with E-state index in [0.29, 0.717) is 0 Å². The molecule has 15 heavy (non-hydrogen) atoms. The number of ether oxygens (including phenoxy) is 1. The monoisotopic (exact) mass is 243 g/mol. The summed E-state index contributed by atoms with van der Waals surface area (Å²) in [6, 6.07) is 0. The number of hydrogen-bond donors (Lipinski definition) is 4. The molecular weight excluding hydrogens is 229 g/mol. The molecule has 0 aliphatic heterocycles. The highest BCUT2D eigenvalue weighted by Crippen LogP contribution is 2.34. The Morgan fingerprint density at radius 1 is 1.53 bits per heavy atom. The van der Waals surface area contributed by atoms with E-state index in [4.69, 9.17) is 20.1 Å². The molecule has 90 valence electrons. The van der Waals surface area contributed by atoms with Gasteiger partial charge in [-0.15, -0.1) is 0 Å². The van der Waals surface area contributed by atoms with Gasteiger partial charge in [0.25, 0.3) is 0 Å². The standard InChI is InChI=1S/C6H14NO7P/c1-2-14-6(9)7(10)3-5(8)4-15(11,12)13/h5,8,10H,2-4H2,1H3,(H2,11,12,13). The molecule has 4 N–H and O–H groups in total. The van der Waals surface area contributed by atoms with Crippen molar-refractivity contribution in [2.75, 3.05) is 19.3 Å². The number of carbonyl (C=O) groups excluding carboxylic acids is 1. The number of nitrogens with zero attached hydrogens (tertiary/aromatic N) is 1. The zero-order chi connectivity index (χ0) is 12.1. The van der Waals surface area contributed by atoms with Crippen LogP contribution in [0.4, 0.5) is 4.79 Å². The van der Waals surface area contributed by atoms with Gasteiger partial charge < -0.3 is 19.6 Å². The third kappa shape index (κ3) is 7.29. The lowest BCUT2D eigenvalue weighted by atomic mass is 10.4. The lowest BCUT2D eigenvalue weighted by molar-refractivity contribution is -0.0909. The molecule has 0 saturated heterocycles. The maximum Gasteiger partial charge on any atom is 0.433 e. The highest BCUT2D eigenvalue weighted by atomic mass is 31.2. The Kier molecular flexibility index (Phi) is 5.77. The van der Waals surface area contributed by atoms with E-state index < -0.39 is 32.5 Å². The van der Waals surface area contributed by atoms with Crippen LogP contribution in [-0.4, -0.2) is 56.7 Å². The average Bonchev–Trinajstić information content (AvgIpc) is 2.00. The molecule has 0 fully saturated rings. The van der Waals surface area contributed by atoms with Crippen molar-refractivity contribution < 1.29 is 34.2 Å². The molecule has 1 amide bonds. The average molecular weight is 243 g/mol. The normalized spacial score (nSPS) is 13.4. The Morgan fingerprint density at radius 3 is 2.47 bits per heavy atom. The highest BCUT2D eigenvalue weighted by molar-refractivity contribution is 7.51. The third-order valence-corrected chi connectivity index (χ3v) is 2.21. The van der Waals surface area contributed by atoms with Gasteiger partial charge in [-0.1, -0.05) is 0 Å². The van der Waals surface area contributed by atoms with E-state index in [1.807, 2.05) is 0 Å². The summed E-state index contributed by atoms with van der Waals surface area (Å²) < 4.78 is 14.8. The number of aliphatic hydroxyl groups excluding tert-OH is 1. The summed E-state index contributed by atoms with van der Waals surface area (Å²) in [5, 5.41) is 18.1. The van der Waals surface area contributed by atoms with Crippen molar-refractivity contribution in [3.63, 3.8) is 0 Å². The summed E-state index contributed by atoms with van der Waals surface area (Å²) >= 11 is 0. The van der Waals surface area contributed by atoms with Crippen LogP contribution in [0.2, 0.25) is 0 Å². The second-order valence-electron chi connectivity index (χ2n) is 2.78. The summed E-state index contributed by atoms with van der Waals surface area (Å²) in [7, 11) is -4.36. The molecule has 1 atom stereocenters. The summed E-state index contributed by atoms with van der Waals surface area (Å²) in [6.07, 6.45) is -3.42. The van der Waals surface area contributed by atoms with Crippen LogP contribution in [-0.2, 0) is 9.30 Å². The lowest BCUT2D eigenvalue weighted by Crippen LogP contribution is -2.36. The van der Waals surface area contributed by atoms with Crippen LogP contribution in [0, 0.1) is 0 Å². The maximum absolute atomic E-state index is 10.8. The first-order valence-corrected chi connectivity index (χ1v) is 5.91. The Hall–Kier alpha value is -0.660. The Labute approximate surface area is 86.2 Å². The van der Waals surface area contributed by atoms with Crippen LogP contribution in [0.15, 0.2) is 0 Å². The first-order valence-electron chi connectivity index (χ1n) is 4.12. The second kappa shape index (κ2) is 6.04. The SMILES string of the molecule is CCOC(=O)N(O)CC(O)CP(=O)(O)O. The quantitative estimate of drug-likeness (QED) is 0.287. The molecule has 0 rings (SSSR count). The van der Waals surface area contributed by atoms with Crippen molar-refractivity contribution >= 4 is 13.7 Å². The summed E-state index contributed by atoms with van der Waals surface area (Å²) in [4.78, 5) is 27.7. The van der Waals surface area contributed by atoms with E-state index in [9.17, 15) is 9.36 Å². The topological polar surface area (TPSA) is 128 Å². The van der Waals surface area contributed by atoms with Crippen LogP contribution in [0.25, 0.3) is 0 Å². The summed E-state index contributed by atoms with van der Waals surface area (Å²) in [5.74, 6) is 0. The van der Waals surface area contributed by atoms with Crippen molar-refractivity contribution in [1.29, 1.82) is 0 Å². The third-order valence-electron chi connectivity index (χ3n) is 1.31. The number of rotatable bonds is 5. The molecule has 0 saturated carbocycles. The molecule has 9 heteroatoms. The van der Waals surface area contributed by atoms with Gasteiger partial charge in [-0.05, 0) is 6.92 Å². The molecule has 0 aliphatic carbocycles. The van der Waals surface area contributed by atoms with Crippen molar-refractivity contribution in [3.05, 3.63) is 0 Å². The number of hydroxylamine groups is 2. The first kappa shape index (κ1) is 14.3. The second-order valence-corrected chi connectivity index (χ2v) is 4.48. The number of aliphatic hydroxyl groups is 1. The number of carbonyl (C=O) groups is 1. The van der Waals surface area contributed by atoms with Crippen LogP contribution in [0.3, 0.4) is 0 Å². The molecule has 0 aromatic rings. The minimum atomic E-state index is -4.36. The zero-order valence-corrected chi connectivity index (χ0v) is 9.00. The van der Waals surface area contributed by atoms with E-state index in [1.165, 1.54) is 6.92 Å². The maximum atomic E-state index is 10.8. The van der Waals surface area contributed by atoms with Crippen molar-refractivity contribution in [3.8, 4) is 0 Å². The van der Waals surface area contributed by atoms with E-state index in [1.54, 1.807) is 0 Å². The number of hydrogen-bond acceptors (Lipinski definition) is 5. The fraction of sp³-hybridized carbons (Fsp3) is 0.833. The van der Waals surface area contributed by atoms with Crippen molar-refractivity contribution in [2.24, 2.45) is 0 Å². The Balaban J connectivity index is 4.01. The van der Waals surface area contributed by atoms with Gasteiger partial charge in [0.05, 0.1) is 25.4 Å². The molecule has 0 aromatic heterocycles. The smallest absolute Gasteiger partial charge is 0.433 e. The largest absolute Gasteiger partial charge is 0.448 e. The molecule has 0 spiro atoms. The zero-order valence-electron chi connectivity index (χ0n) is 8.11. The van der Waals surface area contributed by atoms with Crippen molar-refractivity contribution in [2.45, 2.75) is 13.0 Å². The summed E-state index contributed by atoms with van der Waals surface area (Å²) in [5.41, 5.74) is 0. The van der Waals surface area contributed by atoms with Gasteiger partial charge in [-0.3, -0.25) is 9.77 Å². The van der Waals surface area contributed by atoms with Gasteiger partial charge >= 0.3 is 13.7 Å². The van der Waals surface area contributed by atoms with Crippen molar-refractivity contribution in [1.82, 2.24) is 5.06 Å². The van der Waals surface area contributed by atoms with Crippen LogP contribution >= 0.6 is 7.60 Å². The minimum absolute atomic E-state index is 0.0461. The molecule has 8 nitrogen and oxygen atoms in total. The van der Waals surface area contributed by atoms with Gasteiger partial charge in [0.1, 0.15) is 0 Å². The van der Waals surface area contributed by atoms with E-state index in [-0.39, 0.29) is 11.7 Å². The molecule has 0 aromatic carbocycles. The van der Waals surface area contributed by atoms with Gasteiger partial charge in [-0.2, -0.15) is 5.06 Å². The lowest BCUT2D eigenvalue weighted by Gasteiger charge is -2.18. The highest BCUT2D eigenvalue weighted by Gasteiger charge is 2.23. The van der Waals surface area contributed by atoms with Crippen LogP contribution in [0.1, 0.15) is 6.92 Å². The van der Waals surface area contributed by atoms with Gasteiger partial charge in [0.15, 0.2) is 0 Å². The summed E-state index contributed by atoms with van der Waals surface area (Å²) in [6.45, 7) is 0.951.